The molecule has 0 unspecified atom stereocenters. The Morgan fingerprint density at radius 3 is 1.59 bits per heavy atom. The van der Waals surface area contributed by atoms with Crippen LogP contribution in [-0.4, -0.2) is 4.57 Å². The number of hydrogen-bond acceptors (Lipinski definition) is 0. The molecule has 3 rings (SSSR count). The molecule has 1 heterocycles. The molecule has 1 heteroatoms. The van der Waals surface area contributed by atoms with Crippen LogP contribution in [0.3, 0.4) is 0 Å². The summed E-state index contributed by atoms with van der Waals surface area (Å²) in [5.74, 6) is 0. The van der Waals surface area contributed by atoms with Crippen LogP contribution >= 0.6 is 0 Å². The first-order valence-corrected chi connectivity index (χ1v) is 11.0. The number of aryl methyl sites for hydroxylation is 2. The highest BCUT2D eigenvalue weighted by Gasteiger charge is 2.10. The quantitative estimate of drug-likeness (QED) is 0.304. The highest BCUT2D eigenvalue weighted by molar-refractivity contribution is 6.09. The van der Waals surface area contributed by atoms with Crippen molar-refractivity contribution in [2.45, 2.75) is 78.1 Å². The maximum atomic E-state index is 4.05. The van der Waals surface area contributed by atoms with Crippen molar-refractivity contribution in [3.8, 4) is 0 Å². The summed E-state index contributed by atoms with van der Waals surface area (Å²) in [6, 6.07) is 14.0. The Bertz CT molecular complexity index is 815. The summed E-state index contributed by atoms with van der Waals surface area (Å²) >= 11 is 0. The lowest BCUT2D eigenvalue weighted by molar-refractivity contribution is 0.667. The van der Waals surface area contributed by atoms with Gasteiger partial charge in [0.1, 0.15) is 0 Å². The van der Waals surface area contributed by atoms with Gasteiger partial charge in [-0.2, -0.15) is 0 Å². The van der Waals surface area contributed by atoms with E-state index in [9.17, 15) is 0 Å². The van der Waals surface area contributed by atoms with Crippen LogP contribution < -0.4 is 0 Å². The predicted molar refractivity (Wildman–Crippen MR) is 122 cm³/mol. The molecule has 144 valence electrons. The molecule has 0 N–H and O–H groups in total. The van der Waals surface area contributed by atoms with E-state index in [0.717, 1.165) is 0 Å². The van der Waals surface area contributed by atoms with Crippen LogP contribution in [0.1, 0.15) is 76.3 Å². The van der Waals surface area contributed by atoms with Crippen LogP contribution in [-0.2, 0) is 12.8 Å². The van der Waals surface area contributed by atoms with Gasteiger partial charge in [-0.1, -0.05) is 71.1 Å². The van der Waals surface area contributed by atoms with Crippen molar-refractivity contribution in [1.29, 1.82) is 0 Å². The molecule has 3 aromatic rings. The van der Waals surface area contributed by atoms with Crippen LogP contribution in [0, 0.1) is 0 Å². The van der Waals surface area contributed by atoms with Gasteiger partial charge in [0.2, 0.25) is 0 Å². The van der Waals surface area contributed by atoms with E-state index in [1.54, 1.807) is 0 Å². The fourth-order valence-electron chi connectivity index (χ4n) is 4.17. The fourth-order valence-corrected chi connectivity index (χ4v) is 4.17. The molecule has 0 bridgehead atoms. The van der Waals surface area contributed by atoms with E-state index in [2.05, 4.69) is 61.4 Å². The van der Waals surface area contributed by atoms with E-state index < -0.39 is 0 Å². The van der Waals surface area contributed by atoms with Crippen molar-refractivity contribution < 1.29 is 0 Å². The fraction of sp³-hybridized carbons (Fsp3) is 0.462. The minimum atomic E-state index is 1.19. The molecule has 0 atom stereocenters. The van der Waals surface area contributed by atoms with Gasteiger partial charge in [0.25, 0.3) is 0 Å². The molecule has 0 aliphatic carbocycles. The second kappa shape index (κ2) is 9.78. The van der Waals surface area contributed by atoms with Gasteiger partial charge in [-0.05, 0) is 61.1 Å². The normalized spacial score (nSPS) is 11.5. The minimum Gasteiger partial charge on any atom is -0.317 e. The molecular formula is C26H35N. The SMILES string of the molecule is C=Cn1c2ccc(CCCCCC)cc2c2cc(CCCCCC)ccc21. The molecule has 0 aliphatic rings. The lowest BCUT2D eigenvalue weighted by atomic mass is 10.0. The monoisotopic (exact) mass is 361 g/mol. The van der Waals surface area contributed by atoms with Gasteiger partial charge in [0.15, 0.2) is 0 Å². The number of nitrogens with zero attached hydrogens (tertiary/aromatic N) is 1. The first kappa shape index (κ1) is 19.7. The minimum absolute atomic E-state index is 1.19. The third-order valence-corrected chi connectivity index (χ3v) is 5.75. The molecule has 1 nitrogen and oxygen atoms in total. The maximum Gasteiger partial charge on any atom is 0.0534 e. The number of rotatable bonds is 11. The third kappa shape index (κ3) is 4.64. The van der Waals surface area contributed by atoms with Crippen molar-refractivity contribution in [1.82, 2.24) is 4.57 Å². The molecule has 0 saturated heterocycles. The van der Waals surface area contributed by atoms with Gasteiger partial charge >= 0.3 is 0 Å². The van der Waals surface area contributed by atoms with Gasteiger partial charge < -0.3 is 4.57 Å². The van der Waals surface area contributed by atoms with Crippen molar-refractivity contribution in [2.75, 3.05) is 0 Å². The average Bonchev–Trinajstić information content (AvgIpc) is 3.01. The first-order chi connectivity index (χ1) is 13.3. The van der Waals surface area contributed by atoms with E-state index in [0.29, 0.717) is 0 Å². The molecule has 27 heavy (non-hydrogen) atoms. The van der Waals surface area contributed by atoms with Crippen molar-refractivity contribution >= 4 is 28.0 Å². The Labute approximate surface area is 165 Å². The molecule has 2 aromatic carbocycles. The summed E-state index contributed by atoms with van der Waals surface area (Å²) < 4.78 is 2.24. The molecule has 1 aromatic heterocycles. The van der Waals surface area contributed by atoms with Gasteiger partial charge in [-0.25, -0.2) is 0 Å². The average molecular weight is 362 g/mol. The smallest absolute Gasteiger partial charge is 0.0534 e. The van der Waals surface area contributed by atoms with Crippen molar-refractivity contribution in [2.24, 2.45) is 0 Å². The summed E-state index contributed by atoms with van der Waals surface area (Å²) in [6.07, 6.45) is 14.9. The Balaban J connectivity index is 1.90. The number of benzene rings is 2. The Kier molecular flexibility index (Phi) is 7.15. The first-order valence-electron chi connectivity index (χ1n) is 11.0. The lowest BCUT2D eigenvalue weighted by Crippen LogP contribution is -1.88. The highest BCUT2D eigenvalue weighted by Crippen LogP contribution is 2.31. The molecule has 0 spiro atoms. The zero-order valence-corrected chi connectivity index (χ0v) is 17.3. The molecule has 0 amide bonds. The molecule has 0 radical (unpaired) electrons. The number of fused-ring (bicyclic) bond motifs is 3. The number of hydrogen-bond donors (Lipinski definition) is 0. The van der Waals surface area contributed by atoms with Gasteiger partial charge in [0.05, 0.1) is 11.0 Å². The second-order valence-corrected chi connectivity index (χ2v) is 7.88. The number of unbranched alkanes of at least 4 members (excludes halogenated alkanes) is 6. The Morgan fingerprint density at radius 2 is 1.19 bits per heavy atom. The largest absolute Gasteiger partial charge is 0.317 e. The Hall–Kier alpha value is -2.02. The zero-order chi connectivity index (χ0) is 19.1. The summed E-state index contributed by atoms with van der Waals surface area (Å²) in [4.78, 5) is 0. The van der Waals surface area contributed by atoms with Crippen LogP contribution in [0.5, 0.6) is 0 Å². The summed E-state index contributed by atoms with van der Waals surface area (Å²) in [6.45, 7) is 8.60. The summed E-state index contributed by atoms with van der Waals surface area (Å²) in [7, 11) is 0. The molecule has 0 fully saturated rings. The lowest BCUT2D eigenvalue weighted by Gasteiger charge is -2.03. The van der Waals surface area contributed by atoms with E-state index >= 15 is 0 Å². The molecule has 0 saturated carbocycles. The second-order valence-electron chi connectivity index (χ2n) is 7.88. The Morgan fingerprint density at radius 1 is 0.704 bits per heavy atom. The van der Waals surface area contributed by atoms with Crippen molar-refractivity contribution in [3.05, 3.63) is 54.1 Å². The standard InChI is InChI=1S/C26H35N/c1-4-7-9-11-13-21-15-17-25-23(19-21)24-20-22(14-12-10-8-5-2)16-18-26(24)27(25)6-3/h6,15-20H,3-5,7-14H2,1-2H3. The summed E-state index contributed by atoms with van der Waals surface area (Å²) in [5.41, 5.74) is 5.49. The van der Waals surface area contributed by atoms with Gasteiger partial charge in [-0.3, -0.25) is 0 Å². The van der Waals surface area contributed by atoms with E-state index in [4.69, 9.17) is 0 Å². The van der Waals surface area contributed by atoms with E-state index in [1.165, 1.54) is 97.1 Å². The zero-order valence-electron chi connectivity index (χ0n) is 17.3. The van der Waals surface area contributed by atoms with Crippen LogP contribution in [0.25, 0.3) is 28.0 Å². The summed E-state index contributed by atoms with van der Waals surface area (Å²) in [5, 5.41) is 2.77. The van der Waals surface area contributed by atoms with Gasteiger partial charge in [-0.15, -0.1) is 0 Å². The molecular weight excluding hydrogens is 326 g/mol. The highest BCUT2D eigenvalue weighted by atomic mass is 14.9. The number of aromatic nitrogens is 1. The van der Waals surface area contributed by atoms with Gasteiger partial charge in [0, 0.05) is 17.0 Å². The predicted octanol–water partition coefficient (Wildman–Crippen LogP) is 8.14. The van der Waals surface area contributed by atoms with Crippen LogP contribution in [0.15, 0.2) is 43.0 Å². The third-order valence-electron chi connectivity index (χ3n) is 5.75. The molecule has 0 aliphatic heterocycles. The van der Waals surface area contributed by atoms with Crippen molar-refractivity contribution in [3.63, 3.8) is 0 Å². The topological polar surface area (TPSA) is 4.93 Å². The van der Waals surface area contributed by atoms with E-state index in [1.807, 2.05) is 6.20 Å². The van der Waals surface area contributed by atoms with E-state index in [-0.39, 0.29) is 0 Å². The van der Waals surface area contributed by atoms with Crippen LogP contribution in [0.2, 0.25) is 0 Å². The van der Waals surface area contributed by atoms with Crippen LogP contribution in [0.4, 0.5) is 0 Å². The maximum absolute atomic E-state index is 4.05.